The van der Waals surface area contributed by atoms with Gasteiger partial charge in [0.2, 0.25) is 0 Å². The molecule has 2 aliphatic rings. The van der Waals surface area contributed by atoms with Crippen molar-refractivity contribution in [2.45, 2.75) is 59.2 Å². The number of nitriles is 1. The summed E-state index contributed by atoms with van der Waals surface area (Å²) in [7, 11) is 0. The Hall–Kier alpha value is -4.39. The lowest BCUT2D eigenvalue weighted by molar-refractivity contribution is -0.141. The van der Waals surface area contributed by atoms with E-state index in [1.54, 1.807) is 17.0 Å². The number of allylic oxidation sites excluding steroid dienone is 3. The van der Waals surface area contributed by atoms with E-state index in [2.05, 4.69) is 11.2 Å². The van der Waals surface area contributed by atoms with E-state index in [9.17, 15) is 27.6 Å². The zero-order valence-electron chi connectivity index (χ0n) is 23.1. The number of hydrogen-bond acceptors (Lipinski definition) is 5. The molecule has 3 aromatic rings. The number of benzene rings is 2. The SMILES string of the molecule is Cc1cc(Cn2ccc(C(F)(F)F)n2)c(C)c(C2C(C#N)=C(N)N(c3ccc(F)cc3)C3=C2C(=O)CC(C)(C)C3)c1. The normalized spacial score (nSPS) is 19.0. The van der Waals surface area contributed by atoms with Crippen LogP contribution >= 0.6 is 0 Å². The van der Waals surface area contributed by atoms with Gasteiger partial charge in [-0.15, -0.1) is 0 Å². The Labute approximate surface area is 235 Å². The molecular formula is C31H29F4N5O. The first-order chi connectivity index (χ1) is 19.2. The molecule has 5 rings (SSSR count). The van der Waals surface area contributed by atoms with Crippen LogP contribution in [0.1, 0.15) is 60.6 Å². The van der Waals surface area contributed by atoms with Crippen LogP contribution in [0.2, 0.25) is 0 Å². The molecule has 0 fully saturated rings. The summed E-state index contributed by atoms with van der Waals surface area (Å²) in [5.74, 6) is -1.16. The van der Waals surface area contributed by atoms with Gasteiger partial charge >= 0.3 is 6.18 Å². The first-order valence-corrected chi connectivity index (χ1v) is 13.1. The quantitative estimate of drug-likeness (QED) is 0.359. The monoisotopic (exact) mass is 563 g/mol. The molecule has 1 unspecified atom stereocenters. The molecule has 1 aromatic heterocycles. The average Bonchev–Trinajstić information content (AvgIpc) is 3.35. The van der Waals surface area contributed by atoms with Crippen molar-refractivity contribution >= 4 is 11.5 Å². The highest BCUT2D eigenvalue weighted by molar-refractivity contribution is 6.01. The fraction of sp³-hybridized carbons (Fsp3) is 0.323. The first kappa shape index (κ1) is 28.1. The van der Waals surface area contributed by atoms with Gasteiger partial charge in [-0.1, -0.05) is 31.5 Å². The molecule has 0 spiro atoms. The maximum absolute atomic E-state index is 13.9. The van der Waals surface area contributed by atoms with Gasteiger partial charge in [0.1, 0.15) is 11.6 Å². The molecule has 0 amide bonds. The lowest BCUT2D eigenvalue weighted by atomic mass is 9.68. The van der Waals surface area contributed by atoms with Crippen molar-refractivity contribution in [3.05, 3.63) is 105 Å². The van der Waals surface area contributed by atoms with Crippen LogP contribution in [0.5, 0.6) is 0 Å². The van der Waals surface area contributed by atoms with Gasteiger partial charge in [-0.25, -0.2) is 4.39 Å². The van der Waals surface area contributed by atoms with Gasteiger partial charge in [0, 0.05) is 29.6 Å². The summed E-state index contributed by atoms with van der Waals surface area (Å²) in [4.78, 5) is 15.5. The van der Waals surface area contributed by atoms with Crippen LogP contribution in [0.3, 0.4) is 0 Å². The summed E-state index contributed by atoms with van der Waals surface area (Å²) in [6.07, 6.45) is -2.52. The third-order valence-electron chi connectivity index (χ3n) is 7.74. The van der Waals surface area contributed by atoms with Crippen LogP contribution in [0.4, 0.5) is 23.2 Å². The topological polar surface area (TPSA) is 87.9 Å². The summed E-state index contributed by atoms with van der Waals surface area (Å²) < 4.78 is 54.5. The highest BCUT2D eigenvalue weighted by Gasteiger charge is 2.45. The largest absolute Gasteiger partial charge is 0.435 e. The fourth-order valence-corrected chi connectivity index (χ4v) is 5.91. The Balaban J connectivity index is 1.69. The number of carbonyl (C=O) groups is 1. The van der Waals surface area contributed by atoms with E-state index in [4.69, 9.17) is 5.73 Å². The van der Waals surface area contributed by atoms with Crippen molar-refractivity contribution in [1.29, 1.82) is 5.26 Å². The van der Waals surface area contributed by atoms with Gasteiger partial charge in [0.25, 0.3) is 0 Å². The van der Waals surface area contributed by atoms with E-state index < -0.39 is 23.6 Å². The number of hydrogen-bond donors (Lipinski definition) is 1. The molecule has 0 radical (unpaired) electrons. The van der Waals surface area contributed by atoms with E-state index in [0.29, 0.717) is 34.5 Å². The van der Waals surface area contributed by atoms with Crippen molar-refractivity contribution in [3.63, 3.8) is 0 Å². The van der Waals surface area contributed by atoms with Crippen molar-refractivity contribution in [2.24, 2.45) is 11.1 Å². The van der Waals surface area contributed by atoms with E-state index in [0.717, 1.165) is 17.2 Å². The van der Waals surface area contributed by atoms with E-state index in [1.807, 2.05) is 39.8 Å². The highest BCUT2D eigenvalue weighted by Crippen LogP contribution is 2.51. The number of rotatable bonds is 4. The van der Waals surface area contributed by atoms with Crippen LogP contribution in [-0.4, -0.2) is 15.6 Å². The smallest absolute Gasteiger partial charge is 0.384 e. The molecule has 2 heterocycles. The van der Waals surface area contributed by atoms with Crippen LogP contribution in [0, 0.1) is 36.4 Å². The molecule has 1 aliphatic heterocycles. The number of carbonyl (C=O) groups excluding carboxylic acids is 1. The molecule has 0 saturated heterocycles. The second-order valence-corrected chi connectivity index (χ2v) is 11.5. The molecule has 6 nitrogen and oxygen atoms in total. The molecule has 0 saturated carbocycles. The van der Waals surface area contributed by atoms with Gasteiger partial charge in [-0.2, -0.15) is 23.5 Å². The fourth-order valence-electron chi connectivity index (χ4n) is 5.91. The molecular weight excluding hydrogens is 534 g/mol. The van der Waals surface area contributed by atoms with Crippen molar-refractivity contribution in [1.82, 2.24) is 9.78 Å². The second kappa shape index (κ2) is 9.91. The molecule has 41 heavy (non-hydrogen) atoms. The Bertz CT molecular complexity index is 1650. The highest BCUT2D eigenvalue weighted by atomic mass is 19.4. The summed E-state index contributed by atoms with van der Waals surface area (Å²) >= 11 is 0. The van der Waals surface area contributed by atoms with Crippen molar-refractivity contribution < 1.29 is 22.4 Å². The number of ketones is 1. The third-order valence-corrected chi connectivity index (χ3v) is 7.74. The van der Waals surface area contributed by atoms with Crippen LogP contribution in [-0.2, 0) is 17.5 Å². The predicted molar refractivity (Wildman–Crippen MR) is 146 cm³/mol. The van der Waals surface area contributed by atoms with E-state index in [1.165, 1.54) is 23.0 Å². The third kappa shape index (κ3) is 5.12. The Morgan fingerprint density at radius 3 is 2.41 bits per heavy atom. The maximum atomic E-state index is 13.9. The second-order valence-electron chi connectivity index (χ2n) is 11.5. The van der Waals surface area contributed by atoms with Gasteiger partial charge in [-0.3, -0.25) is 14.4 Å². The van der Waals surface area contributed by atoms with Crippen molar-refractivity contribution in [2.75, 3.05) is 4.90 Å². The zero-order chi connectivity index (χ0) is 29.9. The lowest BCUT2D eigenvalue weighted by Gasteiger charge is -2.44. The molecule has 1 aliphatic carbocycles. The van der Waals surface area contributed by atoms with Gasteiger partial charge in [0.15, 0.2) is 11.5 Å². The molecule has 0 bridgehead atoms. The summed E-state index contributed by atoms with van der Waals surface area (Å²) in [5.41, 5.74) is 10.1. The van der Waals surface area contributed by atoms with Crippen LogP contribution < -0.4 is 10.6 Å². The molecule has 212 valence electrons. The van der Waals surface area contributed by atoms with E-state index in [-0.39, 0.29) is 35.6 Å². The number of nitrogens with zero attached hydrogens (tertiary/aromatic N) is 4. The number of aryl methyl sites for hydroxylation is 1. The Morgan fingerprint density at radius 1 is 1.12 bits per heavy atom. The number of nitrogens with two attached hydrogens (primary N) is 1. The zero-order valence-corrected chi connectivity index (χ0v) is 23.1. The summed E-state index contributed by atoms with van der Waals surface area (Å²) in [5, 5.41) is 14.1. The van der Waals surface area contributed by atoms with Gasteiger partial charge < -0.3 is 5.73 Å². The lowest BCUT2D eigenvalue weighted by Crippen LogP contribution is -2.42. The summed E-state index contributed by atoms with van der Waals surface area (Å²) in [6, 6.07) is 12.6. The van der Waals surface area contributed by atoms with Gasteiger partial charge in [-0.05, 0) is 72.7 Å². The number of aromatic nitrogens is 2. The Morgan fingerprint density at radius 2 is 1.80 bits per heavy atom. The molecule has 2 N–H and O–H groups in total. The minimum absolute atomic E-state index is 0.0684. The predicted octanol–water partition coefficient (Wildman–Crippen LogP) is 6.65. The summed E-state index contributed by atoms with van der Waals surface area (Å²) in [6.45, 7) is 7.72. The van der Waals surface area contributed by atoms with Crippen molar-refractivity contribution in [3.8, 4) is 6.07 Å². The standard InChI is InChI=1S/C31H29F4N5O/c1-17-11-19(16-39-10-9-26(38-39)31(33,34)35)18(2)22(12-17)27-23(15-36)29(37)40(21-7-5-20(32)6-8-21)24-13-30(3,4)14-25(41)28(24)27/h5-12,27H,13-14,16,37H2,1-4H3. The first-order valence-electron chi connectivity index (χ1n) is 13.1. The number of alkyl halides is 3. The molecule has 10 heteroatoms. The van der Waals surface area contributed by atoms with Crippen LogP contribution in [0.25, 0.3) is 0 Å². The minimum Gasteiger partial charge on any atom is -0.384 e. The maximum Gasteiger partial charge on any atom is 0.435 e. The average molecular weight is 564 g/mol. The number of halogens is 4. The van der Waals surface area contributed by atoms with Gasteiger partial charge in [0.05, 0.1) is 24.1 Å². The minimum atomic E-state index is -4.56. The molecule has 2 aromatic carbocycles. The number of Topliss-reactive ketones (excluding diaryl/α,β-unsaturated/α-hetero) is 1. The number of anilines is 1. The molecule has 1 atom stereocenters. The van der Waals surface area contributed by atoms with Crippen LogP contribution in [0.15, 0.2) is 71.3 Å². The van der Waals surface area contributed by atoms with E-state index >= 15 is 0 Å². The Kier molecular flexibility index (Phi) is 6.80.